The molecule has 1 heterocycles. The molecule has 92 valence electrons. The van der Waals surface area contributed by atoms with Gasteiger partial charge in [-0.15, -0.1) is 0 Å². The summed E-state index contributed by atoms with van der Waals surface area (Å²) in [4.78, 5) is 14.4. The van der Waals surface area contributed by atoms with Crippen LogP contribution >= 0.6 is 0 Å². The van der Waals surface area contributed by atoms with Gasteiger partial charge in [-0.1, -0.05) is 0 Å². The topological polar surface area (TPSA) is 59.4 Å². The quantitative estimate of drug-likeness (QED) is 0.901. The van der Waals surface area contributed by atoms with E-state index in [4.69, 9.17) is 9.84 Å². The van der Waals surface area contributed by atoms with Gasteiger partial charge in [-0.25, -0.2) is 14.2 Å². The number of aromatic nitrogens is 1. The lowest BCUT2D eigenvalue weighted by Gasteiger charge is -2.06. The Balaban J connectivity index is 2.04. The molecule has 5 heteroatoms. The van der Waals surface area contributed by atoms with Crippen LogP contribution in [0.5, 0.6) is 5.75 Å². The first-order valence-corrected chi connectivity index (χ1v) is 5.22. The van der Waals surface area contributed by atoms with Crippen molar-refractivity contribution in [3.8, 4) is 5.75 Å². The lowest BCUT2D eigenvalue weighted by atomic mass is 10.2. The molecule has 0 saturated heterocycles. The number of carboxylic acids is 1. The summed E-state index contributed by atoms with van der Waals surface area (Å²) in [5.41, 5.74) is 0.655. The zero-order valence-electron chi connectivity index (χ0n) is 9.34. The number of hydrogen-bond donors (Lipinski definition) is 1. The molecule has 0 atom stereocenters. The summed E-state index contributed by atoms with van der Waals surface area (Å²) in [6.45, 7) is 0.203. The Kier molecular flexibility index (Phi) is 3.52. The van der Waals surface area contributed by atoms with Crippen LogP contribution in [0.3, 0.4) is 0 Å². The van der Waals surface area contributed by atoms with E-state index in [9.17, 15) is 9.18 Å². The van der Waals surface area contributed by atoms with Gasteiger partial charge in [-0.05, 0) is 42.0 Å². The Hall–Kier alpha value is -2.43. The van der Waals surface area contributed by atoms with E-state index in [1.54, 1.807) is 6.07 Å². The van der Waals surface area contributed by atoms with E-state index < -0.39 is 5.97 Å². The second kappa shape index (κ2) is 5.27. The largest absolute Gasteiger partial charge is 0.489 e. The Bertz CT molecular complexity index is 554. The highest BCUT2D eigenvalue weighted by atomic mass is 19.1. The van der Waals surface area contributed by atoms with Gasteiger partial charge in [0.1, 0.15) is 23.9 Å². The fourth-order valence-electron chi connectivity index (χ4n) is 1.38. The summed E-state index contributed by atoms with van der Waals surface area (Å²) < 4.78 is 18.1. The second-order valence-electron chi connectivity index (χ2n) is 3.60. The number of ether oxygens (including phenoxy) is 1. The van der Waals surface area contributed by atoms with Gasteiger partial charge in [-0.2, -0.15) is 0 Å². The van der Waals surface area contributed by atoms with Crippen LogP contribution in [0, 0.1) is 5.82 Å². The van der Waals surface area contributed by atoms with Crippen LogP contribution in [0.15, 0.2) is 42.6 Å². The van der Waals surface area contributed by atoms with Crippen molar-refractivity contribution < 1.29 is 19.0 Å². The molecule has 0 unspecified atom stereocenters. The highest BCUT2D eigenvalue weighted by Gasteiger charge is 2.05. The zero-order valence-corrected chi connectivity index (χ0v) is 9.34. The van der Waals surface area contributed by atoms with E-state index in [2.05, 4.69) is 4.98 Å². The third kappa shape index (κ3) is 3.04. The molecule has 0 spiro atoms. The van der Waals surface area contributed by atoms with Gasteiger partial charge in [-0.3, -0.25) is 0 Å². The second-order valence-corrected chi connectivity index (χ2v) is 3.60. The monoisotopic (exact) mass is 247 g/mol. The molecular formula is C13H10FNO3. The van der Waals surface area contributed by atoms with Crippen molar-refractivity contribution in [1.29, 1.82) is 0 Å². The van der Waals surface area contributed by atoms with Gasteiger partial charge in [0, 0.05) is 6.20 Å². The maximum Gasteiger partial charge on any atom is 0.354 e. The zero-order chi connectivity index (χ0) is 13.0. The van der Waals surface area contributed by atoms with Crippen LogP contribution in [0.1, 0.15) is 16.1 Å². The molecule has 0 bridgehead atoms. The van der Waals surface area contributed by atoms with Gasteiger partial charge in [0.05, 0.1) is 0 Å². The molecule has 0 saturated carbocycles. The minimum atomic E-state index is -1.08. The molecule has 0 amide bonds. The van der Waals surface area contributed by atoms with Crippen LogP contribution in [0.25, 0.3) is 0 Å². The summed E-state index contributed by atoms with van der Waals surface area (Å²) >= 11 is 0. The molecule has 1 aromatic heterocycles. The fraction of sp³-hybridized carbons (Fsp3) is 0.0769. The Labute approximate surface area is 103 Å². The third-order valence-electron chi connectivity index (χ3n) is 2.26. The highest BCUT2D eigenvalue weighted by Crippen LogP contribution is 2.13. The minimum Gasteiger partial charge on any atom is -0.489 e. The Morgan fingerprint density at radius 3 is 2.67 bits per heavy atom. The molecule has 1 aromatic carbocycles. The number of hydrogen-bond acceptors (Lipinski definition) is 3. The summed E-state index contributed by atoms with van der Waals surface area (Å²) in [7, 11) is 0. The van der Waals surface area contributed by atoms with Crippen molar-refractivity contribution in [3.05, 3.63) is 59.7 Å². The first-order valence-electron chi connectivity index (χ1n) is 5.22. The van der Waals surface area contributed by atoms with Gasteiger partial charge in [0.2, 0.25) is 0 Å². The molecule has 4 nitrogen and oxygen atoms in total. The maximum atomic E-state index is 12.7. The fourth-order valence-corrected chi connectivity index (χ4v) is 1.38. The Morgan fingerprint density at radius 1 is 1.28 bits per heavy atom. The van der Waals surface area contributed by atoms with Crippen molar-refractivity contribution in [2.75, 3.05) is 0 Å². The number of rotatable bonds is 4. The smallest absolute Gasteiger partial charge is 0.354 e. The van der Waals surface area contributed by atoms with Gasteiger partial charge >= 0.3 is 5.97 Å². The molecule has 0 aliphatic heterocycles. The first kappa shape index (κ1) is 12.0. The van der Waals surface area contributed by atoms with Crippen molar-refractivity contribution in [1.82, 2.24) is 4.98 Å². The first-order chi connectivity index (χ1) is 8.65. The van der Waals surface area contributed by atoms with E-state index in [-0.39, 0.29) is 18.1 Å². The average Bonchev–Trinajstić information content (AvgIpc) is 2.38. The predicted octanol–water partition coefficient (Wildman–Crippen LogP) is 2.50. The normalized spacial score (nSPS) is 10.1. The summed E-state index contributed by atoms with van der Waals surface area (Å²) in [5, 5.41) is 8.78. The van der Waals surface area contributed by atoms with Crippen LogP contribution < -0.4 is 4.74 Å². The average molecular weight is 247 g/mol. The van der Waals surface area contributed by atoms with Crippen molar-refractivity contribution in [3.63, 3.8) is 0 Å². The summed E-state index contributed by atoms with van der Waals surface area (Å²) in [6.07, 6.45) is 1.41. The number of carboxylic acid groups (broad SMARTS) is 1. The molecule has 18 heavy (non-hydrogen) atoms. The highest BCUT2D eigenvalue weighted by molar-refractivity contribution is 5.85. The number of nitrogens with zero attached hydrogens (tertiary/aromatic N) is 1. The van der Waals surface area contributed by atoms with E-state index in [1.165, 1.54) is 36.5 Å². The minimum absolute atomic E-state index is 0.0322. The molecule has 0 radical (unpaired) electrons. The van der Waals surface area contributed by atoms with Crippen LogP contribution in [0.2, 0.25) is 0 Å². The Morgan fingerprint density at radius 2 is 2.00 bits per heavy atom. The molecule has 2 rings (SSSR count). The maximum absolute atomic E-state index is 12.7. The van der Waals surface area contributed by atoms with Gasteiger partial charge in [0.25, 0.3) is 0 Å². The van der Waals surface area contributed by atoms with Gasteiger partial charge in [0.15, 0.2) is 0 Å². The van der Waals surface area contributed by atoms with Crippen LogP contribution in [0.4, 0.5) is 4.39 Å². The number of carbonyl (C=O) groups is 1. The van der Waals surface area contributed by atoms with Gasteiger partial charge < -0.3 is 9.84 Å². The summed E-state index contributed by atoms with van der Waals surface area (Å²) in [5.74, 6) is -0.900. The van der Waals surface area contributed by atoms with Crippen LogP contribution in [-0.2, 0) is 6.61 Å². The molecule has 1 N–H and O–H groups in total. The lowest BCUT2D eigenvalue weighted by molar-refractivity contribution is 0.0690. The molecule has 2 aromatic rings. The number of aromatic carboxylic acids is 1. The van der Waals surface area contributed by atoms with Crippen molar-refractivity contribution >= 4 is 5.97 Å². The number of halogens is 1. The van der Waals surface area contributed by atoms with Crippen molar-refractivity contribution in [2.24, 2.45) is 0 Å². The molecule has 0 aliphatic rings. The van der Waals surface area contributed by atoms with Crippen molar-refractivity contribution in [2.45, 2.75) is 6.61 Å². The summed E-state index contributed by atoms with van der Waals surface area (Å²) in [6, 6.07) is 8.71. The third-order valence-corrected chi connectivity index (χ3v) is 2.26. The lowest BCUT2D eigenvalue weighted by Crippen LogP contribution is -2.02. The van der Waals surface area contributed by atoms with E-state index in [1.807, 2.05) is 0 Å². The SMILES string of the molecule is O=C(O)c1cc(COc2ccc(F)cc2)ccn1. The molecular weight excluding hydrogens is 237 g/mol. The molecule has 0 aliphatic carbocycles. The number of benzene rings is 1. The predicted molar refractivity (Wildman–Crippen MR) is 61.9 cm³/mol. The molecule has 0 fully saturated rings. The number of pyridine rings is 1. The van der Waals surface area contributed by atoms with E-state index in [0.29, 0.717) is 11.3 Å². The van der Waals surface area contributed by atoms with E-state index >= 15 is 0 Å². The van der Waals surface area contributed by atoms with Crippen LogP contribution in [-0.4, -0.2) is 16.1 Å². The van der Waals surface area contributed by atoms with E-state index in [0.717, 1.165) is 0 Å². The standard InChI is InChI=1S/C13H10FNO3/c14-10-1-3-11(4-2-10)18-8-9-5-6-15-12(7-9)13(16)17/h1-7H,8H2,(H,16,17).